The van der Waals surface area contributed by atoms with Crippen molar-refractivity contribution >= 4 is 11.8 Å². The van der Waals surface area contributed by atoms with E-state index in [-0.39, 0.29) is 29.8 Å². The van der Waals surface area contributed by atoms with E-state index >= 15 is 0 Å². The van der Waals surface area contributed by atoms with Crippen molar-refractivity contribution in [2.75, 3.05) is 32.7 Å². The summed E-state index contributed by atoms with van der Waals surface area (Å²) in [6, 6.07) is 2.13. The van der Waals surface area contributed by atoms with Gasteiger partial charge in [-0.1, -0.05) is 19.3 Å². The standard InChI is InChI=1S/C22H31N3O4/c1-15-12-18(16-6-5-9-23-13-16)29-22(28)20(15)21(27)24-10-11-25(19(26)14-24)17-7-3-2-4-8-17/h12,16-17,23H,2-11,13-14H2,1H3. The van der Waals surface area contributed by atoms with Crippen LogP contribution in [0, 0.1) is 6.92 Å². The van der Waals surface area contributed by atoms with E-state index in [9.17, 15) is 14.4 Å². The van der Waals surface area contributed by atoms with Gasteiger partial charge in [-0.05, 0) is 50.8 Å². The van der Waals surface area contributed by atoms with Crippen LogP contribution in [0.4, 0.5) is 0 Å². The molecule has 0 spiro atoms. The van der Waals surface area contributed by atoms with Crippen molar-refractivity contribution in [3.63, 3.8) is 0 Å². The molecule has 1 aromatic heterocycles. The number of hydrogen-bond donors (Lipinski definition) is 1. The van der Waals surface area contributed by atoms with Crippen LogP contribution in [0.15, 0.2) is 15.3 Å². The highest BCUT2D eigenvalue weighted by Crippen LogP contribution is 2.26. The monoisotopic (exact) mass is 401 g/mol. The summed E-state index contributed by atoms with van der Waals surface area (Å²) in [5.41, 5.74) is 0.114. The highest BCUT2D eigenvalue weighted by atomic mass is 16.4. The van der Waals surface area contributed by atoms with Gasteiger partial charge in [-0.2, -0.15) is 0 Å². The number of piperazine rings is 1. The summed E-state index contributed by atoms with van der Waals surface area (Å²) in [5, 5.41) is 3.32. The first-order valence-electron chi connectivity index (χ1n) is 11.0. The molecule has 1 unspecified atom stereocenters. The summed E-state index contributed by atoms with van der Waals surface area (Å²) in [4.78, 5) is 41.8. The van der Waals surface area contributed by atoms with Crippen LogP contribution in [0.1, 0.15) is 72.5 Å². The molecule has 1 aromatic rings. The average Bonchev–Trinajstić information content (AvgIpc) is 2.74. The molecular formula is C22H31N3O4. The number of nitrogens with zero attached hydrogens (tertiary/aromatic N) is 2. The van der Waals surface area contributed by atoms with E-state index in [4.69, 9.17) is 4.42 Å². The third-order valence-electron chi connectivity index (χ3n) is 6.64. The van der Waals surface area contributed by atoms with Crippen LogP contribution in [0.3, 0.4) is 0 Å². The van der Waals surface area contributed by atoms with E-state index in [1.54, 1.807) is 6.92 Å². The molecule has 4 rings (SSSR count). The Bertz CT molecular complexity index is 822. The maximum atomic E-state index is 13.0. The zero-order valence-electron chi connectivity index (χ0n) is 17.2. The zero-order chi connectivity index (χ0) is 20.4. The molecule has 29 heavy (non-hydrogen) atoms. The molecule has 3 aliphatic rings. The van der Waals surface area contributed by atoms with Crippen molar-refractivity contribution in [1.29, 1.82) is 0 Å². The molecule has 0 bridgehead atoms. The fraction of sp³-hybridized carbons (Fsp3) is 0.682. The lowest BCUT2D eigenvalue weighted by atomic mass is 9.93. The van der Waals surface area contributed by atoms with E-state index < -0.39 is 5.63 Å². The lowest BCUT2D eigenvalue weighted by molar-refractivity contribution is -0.138. The van der Waals surface area contributed by atoms with Crippen molar-refractivity contribution in [3.05, 3.63) is 33.4 Å². The normalized spacial score (nSPS) is 24.0. The molecule has 158 valence electrons. The Morgan fingerprint density at radius 1 is 1.10 bits per heavy atom. The number of hydrogen-bond acceptors (Lipinski definition) is 5. The summed E-state index contributed by atoms with van der Waals surface area (Å²) in [7, 11) is 0. The number of nitrogens with one attached hydrogen (secondary N) is 1. The first-order valence-corrected chi connectivity index (χ1v) is 11.0. The van der Waals surface area contributed by atoms with Crippen molar-refractivity contribution in [1.82, 2.24) is 15.1 Å². The summed E-state index contributed by atoms with van der Waals surface area (Å²) in [5.74, 6) is 0.416. The summed E-state index contributed by atoms with van der Waals surface area (Å²) < 4.78 is 5.55. The van der Waals surface area contributed by atoms with E-state index in [1.807, 2.05) is 11.0 Å². The Kier molecular flexibility index (Phi) is 6.04. The lowest BCUT2D eigenvalue weighted by Gasteiger charge is -2.40. The van der Waals surface area contributed by atoms with Gasteiger partial charge in [0.05, 0.1) is 0 Å². The van der Waals surface area contributed by atoms with Crippen LogP contribution < -0.4 is 10.9 Å². The van der Waals surface area contributed by atoms with Gasteiger partial charge < -0.3 is 19.5 Å². The molecule has 1 saturated carbocycles. The number of rotatable bonds is 3. The van der Waals surface area contributed by atoms with Crippen molar-refractivity contribution in [3.8, 4) is 0 Å². The fourth-order valence-corrected chi connectivity index (χ4v) is 4.98. The topological polar surface area (TPSA) is 82.9 Å². The van der Waals surface area contributed by atoms with Crippen molar-refractivity contribution < 1.29 is 14.0 Å². The largest absolute Gasteiger partial charge is 0.427 e. The Hall–Kier alpha value is -2.15. The van der Waals surface area contributed by atoms with Crippen LogP contribution in [0.5, 0.6) is 0 Å². The predicted octanol–water partition coefficient (Wildman–Crippen LogP) is 2.03. The Morgan fingerprint density at radius 2 is 1.90 bits per heavy atom. The minimum absolute atomic E-state index is 0.0107. The molecule has 0 radical (unpaired) electrons. The molecule has 3 fully saturated rings. The number of piperidine rings is 1. The molecule has 2 amide bonds. The van der Waals surface area contributed by atoms with Crippen molar-refractivity contribution in [2.24, 2.45) is 0 Å². The number of carbonyl (C=O) groups is 2. The van der Waals surface area contributed by atoms with Gasteiger partial charge in [0.15, 0.2) is 0 Å². The second kappa shape index (κ2) is 8.69. The number of amides is 2. The van der Waals surface area contributed by atoms with Gasteiger partial charge in [-0.3, -0.25) is 9.59 Å². The van der Waals surface area contributed by atoms with E-state index in [0.717, 1.165) is 38.8 Å². The first kappa shape index (κ1) is 20.1. The van der Waals surface area contributed by atoms with E-state index in [1.165, 1.54) is 24.2 Å². The molecule has 3 heterocycles. The molecule has 1 atom stereocenters. The summed E-state index contributed by atoms with van der Waals surface area (Å²) >= 11 is 0. The highest BCUT2D eigenvalue weighted by molar-refractivity contribution is 5.97. The Morgan fingerprint density at radius 3 is 2.55 bits per heavy atom. The molecule has 0 aromatic carbocycles. The van der Waals surface area contributed by atoms with Crippen LogP contribution >= 0.6 is 0 Å². The third kappa shape index (κ3) is 4.25. The van der Waals surface area contributed by atoms with Crippen LogP contribution in [0.2, 0.25) is 0 Å². The molecule has 1 aliphatic carbocycles. The number of carbonyl (C=O) groups excluding carboxylic acids is 2. The van der Waals surface area contributed by atoms with Gasteiger partial charge in [0.2, 0.25) is 5.91 Å². The SMILES string of the molecule is Cc1cc(C2CCCNC2)oc(=O)c1C(=O)N1CCN(C2CCCCC2)C(=O)C1. The van der Waals surface area contributed by atoms with Gasteiger partial charge in [-0.25, -0.2) is 4.79 Å². The van der Waals surface area contributed by atoms with Crippen LogP contribution in [-0.4, -0.2) is 60.4 Å². The molecule has 2 aliphatic heterocycles. The van der Waals surface area contributed by atoms with Crippen LogP contribution in [0.25, 0.3) is 0 Å². The Labute approximate surface area is 171 Å². The minimum atomic E-state index is -0.585. The molecule has 2 saturated heterocycles. The maximum absolute atomic E-state index is 13.0. The first-order chi connectivity index (χ1) is 14.0. The molecule has 1 N–H and O–H groups in total. The lowest BCUT2D eigenvalue weighted by Crippen LogP contribution is -2.56. The quantitative estimate of drug-likeness (QED) is 0.838. The summed E-state index contributed by atoms with van der Waals surface area (Å²) in [6.07, 6.45) is 7.70. The third-order valence-corrected chi connectivity index (χ3v) is 6.64. The number of aryl methyl sites for hydroxylation is 1. The van der Waals surface area contributed by atoms with Gasteiger partial charge >= 0.3 is 5.63 Å². The minimum Gasteiger partial charge on any atom is -0.427 e. The van der Waals surface area contributed by atoms with E-state index in [0.29, 0.717) is 30.5 Å². The second-order valence-corrected chi connectivity index (χ2v) is 8.64. The van der Waals surface area contributed by atoms with Gasteiger partial charge in [0.1, 0.15) is 17.9 Å². The second-order valence-electron chi connectivity index (χ2n) is 8.64. The van der Waals surface area contributed by atoms with Gasteiger partial charge in [-0.15, -0.1) is 0 Å². The maximum Gasteiger partial charge on any atom is 0.349 e. The highest BCUT2D eigenvalue weighted by Gasteiger charge is 2.34. The van der Waals surface area contributed by atoms with Gasteiger partial charge in [0, 0.05) is 31.6 Å². The predicted molar refractivity (Wildman–Crippen MR) is 109 cm³/mol. The van der Waals surface area contributed by atoms with Crippen molar-refractivity contribution in [2.45, 2.75) is 63.8 Å². The molecule has 7 nitrogen and oxygen atoms in total. The molecular weight excluding hydrogens is 370 g/mol. The fourth-order valence-electron chi connectivity index (χ4n) is 4.98. The molecule has 7 heteroatoms. The smallest absolute Gasteiger partial charge is 0.349 e. The zero-order valence-corrected chi connectivity index (χ0v) is 17.2. The van der Waals surface area contributed by atoms with E-state index in [2.05, 4.69) is 5.32 Å². The summed E-state index contributed by atoms with van der Waals surface area (Å²) in [6.45, 7) is 4.61. The Balaban J connectivity index is 1.47. The van der Waals surface area contributed by atoms with Gasteiger partial charge in [0.25, 0.3) is 5.91 Å². The average molecular weight is 402 g/mol. The van der Waals surface area contributed by atoms with Crippen LogP contribution in [-0.2, 0) is 4.79 Å².